The van der Waals surface area contributed by atoms with Gasteiger partial charge < -0.3 is 0 Å². The first kappa shape index (κ1) is 18.0. The Hall–Kier alpha value is -3.41. The Morgan fingerprint density at radius 3 is 1.86 bits per heavy atom. The van der Waals surface area contributed by atoms with E-state index >= 15 is 0 Å². The maximum absolute atomic E-state index is 12.9. The van der Waals surface area contributed by atoms with E-state index in [9.17, 15) is 13.2 Å². The van der Waals surface area contributed by atoms with Crippen LogP contribution in [-0.2, 0) is 6.18 Å². The number of hydrogen-bond acceptors (Lipinski definition) is 2. The van der Waals surface area contributed by atoms with E-state index in [1.165, 1.54) is 6.20 Å². The van der Waals surface area contributed by atoms with Gasteiger partial charge in [-0.15, -0.1) is 0 Å². The van der Waals surface area contributed by atoms with E-state index in [1.54, 1.807) is 12.1 Å². The summed E-state index contributed by atoms with van der Waals surface area (Å²) in [5.74, 6) is 0.199. The van der Waals surface area contributed by atoms with Gasteiger partial charge in [0.15, 0.2) is 11.5 Å². The molecule has 6 heteroatoms. The molecule has 2 aromatic carbocycles. The lowest BCUT2D eigenvalue weighted by molar-refractivity contribution is -0.141. The van der Waals surface area contributed by atoms with Crippen LogP contribution >= 0.6 is 0 Å². The fraction of sp³-hybridized carbons (Fsp3) is 0.0909. The smallest absolute Gasteiger partial charge is 0.233 e. The van der Waals surface area contributed by atoms with Gasteiger partial charge in [0.1, 0.15) is 0 Å². The normalized spacial score (nSPS) is 11.7. The van der Waals surface area contributed by atoms with Crippen molar-refractivity contribution in [2.75, 3.05) is 0 Å². The third-order valence-electron chi connectivity index (χ3n) is 4.43. The lowest BCUT2D eigenvalue weighted by Gasteiger charge is -2.18. The van der Waals surface area contributed by atoms with Crippen molar-refractivity contribution in [1.29, 1.82) is 0 Å². The number of aromatic nitrogens is 3. The average Bonchev–Trinajstić information content (AvgIpc) is 3.21. The number of benzene rings is 2. The summed E-state index contributed by atoms with van der Waals surface area (Å²) in [6, 6.07) is 26.0. The summed E-state index contributed by atoms with van der Waals surface area (Å²) in [7, 11) is 0. The monoisotopic (exact) mass is 379 g/mol. The molecule has 0 unspecified atom stereocenters. The molecule has 0 N–H and O–H groups in total. The molecular formula is C22H16F3N3. The fourth-order valence-corrected chi connectivity index (χ4v) is 3.16. The predicted molar refractivity (Wildman–Crippen MR) is 100 cm³/mol. The molecule has 2 heterocycles. The number of hydrogen-bond donors (Lipinski definition) is 0. The van der Waals surface area contributed by atoms with Gasteiger partial charge in [-0.05, 0) is 29.3 Å². The van der Waals surface area contributed by atoms with Crippen LogP contribution < -0.4 is 0 Å². The Labute approximate surface area is 160 Å². The van der Waals surface area contributed by atoms with Crippen LogP contribution in [0, 0.1) is 0 Å². The lowest BCUT2D eigenvalue weighted by Crippen LogP contribution is -2.10. The van der Waals surface area contributed by atoms with Crippen LogP contribution in [0.15, 0.2) is 91.1 Å². The van der Waals surface area contributed by atoms with Crippen molar-refractivity contribution in [3.8, 4) is 5.82 Å². The van der Waals surface area contributed by atoms with Gasteiger partial charge in [0.25, 0.3) is 0 Å². The molecule has 0 atom stereocenters. The number of alkyl halides is 3. The van der Waals surface area contributed by atoms with Gasteiger partial charge in [-0.1, -0.05) is 66.7 Å². The Morgan fingerprint density at radius 2 is 1.32 bits per heavy atom. The van der Waals surface area contributed by atoms with E-state index in [-0.39, 0.29) is 5.92 Å². The Balaban J connectivity index is 1.78. The summed E-state index contributed by atoms with van der Waals surface area (Å²) >= 11 is 0. The second kappa shape index (κ2) is 7.31. The molecule has 0 aliphatic heterocycles. The zero-order valence-electron chi connectivity index (χ0n) is 14.7. The van der Waals surface area contributed by atoms with Crippen molar-refractivity contribution in [1.82, 2.24) is 14.8 Å². The second-order valence-electron chi connectivity index (χ2n) is 6.32. The molecule has 28 heavy (non-hydrogen) atoms. The molecule has 0 spiro atoms. The Kier molecular flexibility index (Phi) is 4.69. The predicted octanol–water partition coefficient (Wildman–Crippen LogP) is 5.47. The minimum atomic E-state index is -4.49. The summed E-state index contributed by atoms with van der Waals surface area (Å²) in [5, 5.41) is 3.63. The highest BCUT2D eigenvalue weighted by Crippen LogP contribution is 2.31. The van der Waals surface area contributed by atoms with Gasteiger partial charge in [0.05, 0.1) is 11.6 Å². The second-order valence-corrected chi connectivity index (χ2v) is 6.32. The number of nitrogens with zero attached hydrogens (tertiary/aromatic N) is 3. The quantitative estimate of drug-likeness (QED) is 0.471. The van der Waals surface area contributed by atoms with Crippen LogP contribution in [0.25, 0.3) is 5.82 Å². The Bertz CT molecular complexity index is 1020. The van der Waals surface area contributed by atoms with Gasteiger partial charge in [-0.2, -0.15) is 18.3 Å². The van der Waals surface area contributed by atoms with Crippen LogP contribution in [0.5, 0.6) is 0 Å². The molecule has 0 saturated carbocycles. The van der Waals surface area contributed by atoms with E-state index < -0.39 is 11.9 Å². The van der Waals surface area contributed by atoms with E-state index in [0.29, 0.717) is 5.82 Å². The molecular weight excluding hydrogens is 363 g/mol. The first-order chi connectivity index (χ1) is 13.5. The average molecular weight is 379 g/mol. The summed E-state index contributed by atoms with van der Waals surface area (Å²) < 4.78 is 39.8. The number of halogens is 3. The van der Waals surface area contributed by atoms with Crippen molar-refractivity contribution < 1.29 is 13.2 Å². The summed E-state index contributed by atoms with van der Waals surface area (Å²) in [6.45, 7) is 0. The van der Waals surface area contributed by atoms with Gasteiger partial charge in [0.2, 0.25) is 0 Å². The Morgan fingerprint density at radius 1 is 0.714 bits per heavy atom. The first-order valence-corrected chi connectivity index (χ1v) is 8.72. The molecule has 0 aliphatic rings. The summed E-state index contributed by atoms with van der Waals surface area (Å²) in [5.41, 5.74) is 1.89. The van der Waals surface area contributed by atoms with E-state index in [4.69, 9.17) is 0 Å². The molecule has 0 saturated heterocycles. The number of pyridine rings is 1. The number of rotatable bonds is 4. The van der Waals surface area contributed by atoms with Crippen molar-refractivity contribution in [3.63, 3.8) is 0 Å². The molecule has 0 bridgehead atoms. The third-order valence-corrected chi connectivity index (χ3v) is 4.43. The summed E-state index contributed by atoms with van der Waals surface area (Å²) in [6.07, 6.45) is -3.21. The lowest BCUT2D eigenvalue weighted by atomic mass is 9.88. The van der Waals surface area contributed by atoms with Gasteiger partial charge in [-0.3, -0.25) is 0 Å². The third kappa shape index (κ3) is 3.67. The standard InChI is InChI=1S/C22H16F3N3/c23-22(24,25)19-14-15-28(27-19)20-13-7-12-18(26-20)21(16-8-3-1-4-9-16)17-10-5-2-6-11-17/h1-15,21H. The van der Waals surface area contributed by atoms with Crippen molar-refractivity contribution >= 4 is 0 Å². The van der Waals surface area contributed by atoms with Crippen LogP contribution in [0.2, 0.25) is 0 Å². The zero-order valence-corrected chi connectivity index (χ0v) is 14.7. The van der Waals surface area contributed by atoms with Crippen molar-refractivity contribution in [2.24, 2.45) is 0 Å². The fourth-order valence-electron chi connectivity index (χ4n) is 3.16. The van der Waals surface area contributed by atoms with Crippen LogP contribution in [0.4, 0.5) is 13.2 Å². The van der Waals surface area contributed by atoms with Gasteiger partial charge in [0, 0.05) is 6.20 Å². The molecule has 4 rings (SSSR count). The largest absolute Gasteiger partial charge is 0.435 e. The summed E-state index contributed by atoms with van der Waals surface area (Å²) in [4.78, 5) is 4.62. The molecule has 4 aromatic rings. The molecule has 2 aromatic heterocycles. The van der Waals surface area contributed by atoms with Crippen molar-refractivity contribution in [3.05, 3.63) is 114 Å². The maximum atomic E-state index is 12.9. The minimum absolute atomic E-state index is 0.139. The van der Waals surface area contributed by atoms with E-state index in [0.717, 1.165) is 27.6 Å². The zero-order chi connectivity index (χ0) is 19.6. The highest BCUT2D eigenvalue weighted by Gasteiger charge is 2.33. The minimum Gasteiger partial charge on any atom is -0.233 e. The first-order valence-electron chi connectivity index (χ1n) is 8.72. The van der Waals surface area contributed by atoms with Crippen LogP contribution in [-0.4, -0.2) is 14.8 Å². The van der Waals surface area contributed by atoms with Crippen LogP contribution in [0.1, 0.15) is 28.4 Å². The van der Waals surface area contributed by atoms with Crippen molar-refractivity contribution in [2.45, 2.75) is 12.1 Å². The van der Waals surface area contributed by atoms with Crippen LogP contribution in [0.3, 0.4) is 0 Å². The molecule has 0 fully saturated rings. The van der Waals surface area contributed by atoms with Gasteiger partial charge in [-0.25, -0.2) is 9.67 Å². The van der Waals surface area contributed by atoms with Gasteiger partial charge >= 0.3 is 6.18 Å². The molecule has 140 valence electrons. The SMILES string of the molecule is FC(F)(F)c1ccn(-c2cccc(C(c3ccccc3)c3ccccc3)n2)n1. The highest BCUT2D eigenvalue weighted by molar-refractivity contribution is 5.41. The molecule has 0 amide bonds. The van der Waals surface area contributed by atoms with E-state index in [1.807, 2.05) is 66.7 Å². The molecule has 3 nitrogen and oxygen atoms in total. The van der Waals surface area contributed by atoms with E-state index in [2.05, 4.69) is 10.1 Å². The highest BCUT2D eigenvalue weighted by atomic mass is 19.4. The molecule has 0 aliphatic carbocycles. The topological polar surface area (TPSA) is 30.7 Å². The molecule has 0 radical (unpaired) electrons. The maximum Gasteiger partial charge on any atom is 0.435 e.